The summed E-state index contributed by atoms with van der Waals surface area (Å²) in [6.07, 6.45) is 1.84. The zero-order chi connectivity index (χ0) is 24.6. The third-order valence-corrected chi connectivity index (χ3v) is 6.99. The van der Waals surface area contributed by atoms with Gasteiger partial charge in [-0.05, 0) is 69.3 Å². The van der Waals surface area contributed by atoms with Crippen LogP contribution in [0, 0.1) is 14.9 Å². The quantitative estimate of drug-likeness (QED) is 0.241. The summed E-state index contributed by atoms with van der Waals surface area (Å²) in [6.45, 7) is 0.863. The SMILES string of the molecule is COc1cc(/C=C2\SC(=NCc3ccccc3)N(Cc3ccccc3)C2=O)cc(I)c1OCC#N. The summed E-state index contributed by atoms with van der Waals surface area (Å²) in [4.78, 5) is 20.5. The van der Waals surface area contributed by atoms with Gasteiger partial charge in [0.2, 0.25) is 0 Å². The Morgan fingerprint density at radius 3 is 2.43 bits per heavy atom. The molecule has 1 aliphatic heterocycles. The van der Waals surface area contributed by atoms with Gasteiger partial charge in [0.1, 0.15) is 6.07 Å². The standard InChI is InChI=1S/C27H22IN3O3S/c1-33-23-15-21(14-22(28)25(23)34-13-12-29)16-24-26(32)31(18-20-10-6-3-7-11-20)27(35-24)30-17-19-8-4-2-5-9-19/h2-11,14-16H,13,17-18H2,1H3/b24-16-,30-27?. The molecule has 0 spiro atoms. The maximum Gasteiger partial charge on any atom is 0.267 e. The molecule has 6 nitrogen and oxygen atoms in total. The van der Waals surface area contributed by atoms with Crippen molar-refractivity contribution in [3.8, 4) is 17.6 Å². The lowest BCUT2D eigenvalue weighted by molar-refractivity contribution is -0.122. The number of halogens is 1. The van der Waals surface area contributed by atoms with Crippen molar-refractivity contribution in [2.24, 2.45) is 4.99 Å². The minimum absolute atomic E-state index is 0.0726. The number of methoxy groups -OCH3 is 1. The molecule has 1 heterocycles. The Morgan fingerprint density at radius 2 is 1.77 bits per heavy atom. The summed E-state index contributed by atoms with van der Waals surface area (Å²) in [7, 11) is 1.55. The van der Waals surface area contributed by atoms with Gasteiger partial charge in [-0.1, -0.05) is 60.7 Å². The highest BCUT2D eigenvalue weighted by Gasteiger charge is 2.33. The summed E-state index contributed by atoms with van der Waals surface area (Å²) in [6, 6.07) is 25.5. The predicted octanol–water partition coefficient (Wildman–Crippen LogP) is 5.87. The fourth-order valence-corrected chi connectivity index (χ4v) is 5.25. The maximum absolute atomic E-state index is 13.4. The molecule has 1 aliphatic rings. The van der Waals surface area contributed by atoms with Gasteiger partial charge in [-0.15, -0.1) is 0 Å². The molecule has 4 rings (SSSR count). The lowest BCUT2D eigenvalue weighted by Crippen LogP contribution is -2.28. The first-order chi connectivity index (χ1) is 17.1. The van der Waals surface area contributed by atoms with Crippen LogP contribution in [-0.4, -0.2) is 29.7 Å². The number of hydrogen-bond donors (Lipinski definition) is 0. The van der Waals surface area contributed by atoms with Crippen molar-refractivity contribution in [3.05, 3.63) is 98.0 Å². The van der Waals surface area contributed by atoms with E-state index >= 15 is 0 Å². The number of amidine groups is 1. The average Bonchev–Trinajstić information content (AvgIpc) is 3.17. The number of carbonyl (C=O) groups is 1. The van der Waals surface area contributed by atoms with Crippen molar-refractivity contribution in [2.45, 2.75) is 13.1 Å². The number of benzene rings is 3. The third-order valence-electron chi connectivity index (χ3n) is 5.14. The summed E-state index contributed by atoms with van der Waals surface area (Å²) in [5, 5.41) is 9.51. The van der Waals surface area contributed by atoms with E-state index in [1.54, 1.807) is 18.1 Å². The molecule has 1 amide bonds. The molecule has 0 saturated carbocycles. The molecule has 1 saturated heterocycles. The molecule has 0 aliphatic carbocycles. The van der Waals surface area contributed by atoms with Crippen LogP contribution in [0.4, 0.5) is 0 Å². The average molecular weight is 595 g/mol. The molecular formula is C27H22IN3O3S. The molecule has 176 valence electrons. The normalized spacial score (nSPS) is 15.5. The van der Waals surface area contributed by atoms with Crippen molar-refractivity contribution < 1.29 is 14.3 Å². The second-order valence-electron chi connectivity index (χ2n) is 7.55. The summed E-state index contributed by atoms with van der Waals surface area (Å²) in [5.74, 6) is 0.927. The highest BCUT2D eigenvalue weighted by molar-refractivity contribution is 14.1. The number of rotatable bonds is 8. The molecule has 35 heavy (non-hydrogen) atoms. The third kappa shape index (κ3) is 6.24. The van der Waals surface area contributed by atoms with Crippen LogP contribution in [0.25, 0.3) is 6.08 Å². The Hall–Kier alpha value is -3.29. The Kier molecular flexibility index (Phi) is 8.45. The highest BCUT2D eigenvalue weighted by Crippen LogP contribution is 2.38. The van der Waals surface area contributed by atoms with Crippen LogP contribution in [0.5, 0.6) is 11.5 Å². The molecule has 0 N–H and O–H groups in total. The predicted molar refractivity (Wildman–Crippen MR) is 147 cm³/mol. The van der Waals surface area contributed by atoms with Gasteiger partial charge in [-0.2, -0.15) is 5.26 Å². The van der Waals surface area contributed by atoms with Crippen LogP contribution in [0.1, 0.15) is 16.7 Å². The Balaban J connectivity index is 1.65. The lowest BCUT2D eigenvalue weighted by Gasteiger charge is -2.15. The van der Waals surface area contributed by atoms with Crippen LogP contribution < -0.4 is 9.47 Å². The van der Waals surface area contributed by atoms with E-state index in [1.165, 1.54) is 11.8 Å². The number of nitrogens with zero attached hydrogens (tertiary/aromatic N) is 3. The van der Waals surface area contributed by atoms with Crippen LogP contribution in [-0.2, 0) is 17.9 Å². The van der Waals surface area contributed by atoms with E-state index in [0.717, 1.165) is 20.3 Å². The van der Waals surface area contributed by atoms with Crippen molar-refractivity contribution >= 4 is 51.5 Å². The molecule has 3 aromatic carbocycles. The first-order valence-electron chi connectivity index (χ1n) is 10.8. The van der Waals surface area contributed by atoms with Crippen LogP contribution in [0.15, 0.2) is 82.7 Å². The molecule has 1 fully saturated rings. The monoisotopic (exact) mass is 595 g/mol. The number of amides is 1. The number of nitriles is 1. The Bertz CT molecular complexity index is 1300. The largest absolute Gasteiger partial charge is 0.493 e. The number of aliphatic imine (C=N–C) groups is 1. The van der Waals surface area contributed by atoms with Crippen molar-refractivity contribution in [2.75, 3.05) is 13.7 Å². The zero-order valence-corrected chi connectivity index (χ0v) is 22.0. The fourth-order valence-electron chi connectivity index (χ4n) is 3.49. The van der Waals surface area contributed by atoms with Gasteiger partial charge in [-0.3, -0.25) is 14.7 Å². The molecule has 0 radical (unpaired) electrons. The zero-order valence-electron chi connectivity index (χ0n) is 19.0. The van der Waals surface area contributed by atoms with E-state index in [1.807, 2.05) is 78.9 Å². The summed E-state index contributed by atoms with van der Waals surface area (Å²) >= 11 is 3.51. The first-order valence-corrected chi connectivity index (χ1v) is 12.7. The molecule has 8 heteroatoms. The van der Waals surface area contributed by atoms with E-state index in [2.05, 4.69) is 22.6 Å². The lowest BCUT2D eigenvalue weighted by atomic mass is 10.1. The van der Waals surface area contributed by atoms with E-state index in [0.29, 0.717) is 34.7 Å². The van der Waals surface area contributed by atoms with Gasteiger partial charge in [0.15, 0.2) is 23.3 Å². The molecule has 0 bridgehead atoms. The van der Waals surface area contributed by atoms with E-state index < -0.39 is 0 Å². The van der Waals surface area contributed by atoms with E-state index in [4.69, 9.17) is 19.7 Å². The molecular weight excluding hydrogens is 573 g/mol. The van der Waals surface area contributed by atoms with Gasteiger partial charge in [0.05, 0.1) is 28.7 Å². The first kappa shape index (κ1) is 24.8. The summed E-state index contributed by atoms with van der Waals surface area (Å²) < 4.78 is 11.8. The summed E-state index contributed by atoms with van der Waals surface area (Å²) in [5.41, 5.74) is 2.91. The van der Waals surface area contributed by atoms with Crippen LogP contribution in [0.3, 0.4) is 0 Å². The molecule has 3 aromatic rings. The number of thioether (sulfide) groups is 1. The second kappa shape index (κ2) is 11.9. The number of hydrogen-bond acceptors (Lipinski definition) is 6. The smallest absolute Gasteiger partial charge is 0.267 e. The van der Waals surface area contributed by atoms with Gasteiger partial charge < -0.3 is 9.47 Å². The van der Waals surface area contributed by atoms with Crippen molar-refractivity contribution in [1.82, 2.24) is 4.90 Å². The molecule has 0 aromatic heterocycles. The number of carbonyl (C=O) groups excluding carboxylic acids is 1. The Morgan fingerprint density at radius 1 is 1.09 bits per heavy atom. The van der Waals surface area contributed by atoms with E-state index in [-0.39, 0.29) is 12.5 Å². The van der Waals surface area contributed by atoms with Gasteiger partial charge in [0.25, 0.3) is 5.91 Å². The van der Waals surface area contributed by atoms with Crippen LogP contribution in [0.2, 0.25) is 0 Å². The highest BCUT2D eigenvalue weighted by atomic mass is 127. The minimum atomic E-state index is -0.0931. The minimum Gasteiger partial charge on any atom is -0.493 e. The molecule has 0 atom stereocenters. The van der Waals surface area contributed by atoms with E-state index in [9.17, 15) is 4.79 Å². The van der Waals surface area contributed by atoms with Crippen molar-refractivity contribution in [1.29, 1.82) is 5.26 Å². The van der Waals surface area contributed by atoms with Gasteiger partial charge in [0, 0.05) is 0 Å². The van der Waals surface area contributed by atoms with Crippen molar-refractivity contribution in [3.63, 3.8) is 0 Å². The number of ether oxygens (including phenoxy) is 2. The maximum atomic E-state index is 13.4. The Labute approximate surface area is 222 Å². The second-order valence-corrected chi connectivity index (χ2v) is 9.72. The fraction of sp³-hybridized carbons (Fsp3) is 0.148. The van der Waals surface area contributed by atoms with Crippen LogP contribution >= 0.6 is 34.4 Å². The van der Waals surface area contributed by atoms with Gasteiger partial charge >= 0.3 is 0 Å². The molecule has 0 unspecified atom stereocenters. The topological polar surface area (TPSA) is 74.9 Å². The van der Waals surface area contributed by atoms with Gasteiger partial charge in [-0.25, -0.2) is 0 Å².